The zero-order chi connectivity index (χ0) is 23.2. The number of amides is 2. The molecule has 2 aliphatic rings. The van der Waals surface area contributed by atoms with Gasteiger partial charge in [0, 0.05) is 23.4 Å². The first-order valence-corrected chi connectivity index (χ1v) is 11.6. The first-order valence-electron chi connectivity index (χ1n) is 10.6. The smallest absolute Gasteiger partial charge is 0.268 e. The zero-order valence-electron chi connectivity index (χ0n) is 17.9. The molecule has 7 heteroatoms. The summed E-state index contributed by atoms with van der Waals surface area (Å²) >= 11 is 1.44. The lowest BCUT2D eigenvalue weighted by Gasteiger charge is -2.33. The summed E-state index contributed by atoms with van der Waals surface area (Å²) in [6.07, 6.45) is 0. The quantitative estimate of drug-likeness (QED) is 0.577. The average molecular weight is 458 g/mol. The normalized spacial score (nSPS) is 19.1. The van der Waals surface area contributed by atoms with E-state index >= 15 is 0 Å². The van der Waals surface area contributed by atoms with Gasteiger partial charge in [0.2, 0.25) is 0 Å². The van der Waals surface area contributed by atoms with Crippen molar-refractivity contribution in [3.63, 3.8) is 0 Å². The number of anilines is 1. The first-order chi connectivity index (χ1) is 15.9. The zero-order valence-corrected chi connectivity index (χ0v) is 18.7. The van der Waals surface area contributed by atoms with Crippen molar-refractivity contribution in [2.75, 3.05) is 17.2 Å². The number of carbonyl (C=O) groups is 2. The molecule has 5 nitrogen and oxygen atoms in total. The highest BCUT2D eigenvalue weighted by Crippen LogP contribution is 2.55. The van der Waals surface area contributed by atoms with Crippen molar-refractivity contribution in [1.82, 2.24) is 4.90 Å². The molecule has 2 aliphatic heterocycles. The second-order valence-electron chi connectivity index (χ2n) is 8.18. The van der Waals surface area contributed by atoms with Crippen molar-refractivity contribution >= 4 is 29.3 Å². The van der Waals surface area contributed by atoms with E-state index in [4.69, 9.17) is 0 Å². The molecule has 0 unspecified atom stereocenters. The number of carbonyl (C=O) groups excluding carboxylic acids is 2. The molecule has 2 amide bonds. The molecule has 0 aliphatic carbocycles. The molecule has 1 atom stereocenters. The summed E-state index contributed by atoms with van der Waals surface area (Å²) in [5, 5.41) is 9.25. The van der Waals surface area contributed by atoms with E-state index in [-0.39, 0.29) is 23.9 Å². The van der Waals surface area contributed by atoms with Gasteiger partial charge in [0.1, 0.15) is 5.82 Å². The number of fused-ring (bicyclic) bond motifs is 2. The van der Waals surface area contributed by atoms with E-state index in [9.17, 15) is 19.2 Å². The van der Waals surface area contributed by atoms with Crippen molar-refractivity contribution in [3.8, 4) is 6.07 Å². The monoisotopic (exact) mass is 457 g/mol. The van der Waals surface area contributed by atoms with E-state index in [0.29, 0.717) is 17.9 Å². The highest BCUT2D eigenvalue weighted by Gasteiger charge is 2.59. The molecule has 0 aromatic heterocycles. The Morgan fingerprint density at radius 2 is 1.97 bits per heavy atom. The highest BCUT2D eigenvalue weighted by molar-refractivity contribution is 8.01. The van der Waals surface area contributed by atoms with Gasteiger partial charge in [-0.05, 0) is 48.9 Å². The summed E-state index contributed by atoms with van der Waals surface area (Å²) < 4.78 is 13.8. The standard InChI is InChI=1S/C26H20FN3O2S/c1-17-8-9-23-22(12-17)26(25(32)29(23)16-19-5-2-4-18(13-19)15-28)30(10-11-33-26)24(31)20-6-3-7-21(27)14-20/h2-9,12-14H,10-11,16H2,1H3/t26-/m0/s1. The van der Waals surface area contributed by atoms with Crippen molar-refractivity contribution in [1.29, 1.82) is 5.26 Å². The van der Waals surface area contributed by atoms with Gasteiger partial charge in [0.05, 0.1) is 23.9 Å². The SMILES string of the molecule is Cc1ccc2c(c1)[C@]1(SCCN1C(=O)c1cccc(F)c1)C(=O)N2Cc1cccc(C#N)c1. The Morgan fingerprint density at radius 1 is 1.15 bits per heavy atom. The Labute approximate surface area is 195 Å². The van der Waals surface area contributed by atoms with Crippen molar-refractivity contribution in [2.24, 2.45) is 0 Å². The highest BCUT2D eigenvalue weighted by atomic mass is 32.2. The van der Waals surface area contributed by atoms with Gasteiger partial charge in [-0.15, -0.1) is 11.8 Å². The summed E-state index contributed by atoms with van der Waals surface area (Å²) in [5.41, 5.74) is 4.09. The summed E-state index contributed by atoms with van der Waals surface area (Å²) in [6.45, 7) is 2.63. The van der Waals surface area contributed by atoms with Gasteiger partial charge in [-0.25, -0.2) is 4.39 Å². The van der Waals surface area contributed by atoms with Crippen molar-refractivity contribution < 1.29 is 14.0 Å². The Morgan fingerprint density at radius 3 is 2.76 bits per heavy atom. The third kappa shape index (κ3) is 3.38. The Kier molecular flexibility index (Phi) is 5.18. The number of rotatable bonds is 3. The van der Waals surface area contributed by atoms with Gasteiger partial charge >= 0.3 is 0 Å². The predicted molar refractivity (Wildman–Crippen MR) is 125 cm³/mol. The fourth-order valence-electron chi connectivity index (χ4n) is 4.59. The van der Waals surface area contributed by atoms with Gasteiger partial charge in [-0.2, -0.15) is 5.26 Å². The minimum Gasteiger partial charge on any atom is -0.311 e. The Bertz CT molecular complexity index is 1340. The number of halogens is 1. The van der Waals surface area contributed by atoms with Crippen LogP contribution < -0.4 is 4.90 Å². The van der Waals surface area contributed by atoms with E-state index in [1.165, 1.54) is 30.0 Å². The maximum absolute atomic E-state index is 14.0. The molecule has 33 heavy (non-hydrogen) atoms. The molecule has 0 saturated carbocycles. The number of nitrogens with zero attached hydrogens (tertiary/aromatic N) is 3. The second kappa shape index (κ2) is 8.05. The summed E-state index contributed by atoms with van der Waals surface area (Å²) in [7, 11) is 0. The van der Waals surface area contributed by atoms with E-state index in [2.05, 4.69) is 6.07 Å². The van der Waals surface area contributed by atoms with Crippen LogP contribution in [0.2, 0.25) is 0 Å². The molecule has 3 aromatic rings. The molecule has 1 spiro atoms. The number of hydrogen-bond acceptors (Lipinski definition) is 4. The van der Waals surface area contributed by atoms with Crippen LogP contribution in [-0.4, -0.2) is 29.0 Å². The topological polar surface area (TPSA) is 64.4 Å². The average Bonchev–Trinajstić information content (AvgIpc) is 3.36. The van der Waals surface area contributed by atoms with Gasteiger partial charge in [-0.1, -0.05) is 35.9 Å². The van der Waals surface area contributed by atoms with Crippen molar-refractivity contribution in [3.05, 3.63) is 100 Å². The lowest BCUT2D eigenvalue weighted by molar-refractivity contribution is -0.123. The maximum atomic E-state index is 14.0. The predicted octanol–water partition coefficient (Wildman–Crippen LogP) is 4.59. The summed E-state index contributed by atoms with van der Waals surface area (Å²) in [5.74, 6) is -0.459. The summed E-state index contributed by atoms with van der Waals surface area (Å²) in [4.78, 5) is 29.6. The van der Waals surface area contributed by atoms with Crippen LogP contribution in [0.5, 0.6) is 0 Å². The maximum Gasteiger partial charge on any atom is 0.268 e. The molecule has 0 bridgehead atoms. The van der Waals surface area contributed by atoms with Crippen LogP contribution >= 0.6 is 11.8 Å². The minimum absolute atomic E-state index is 0.197. The lowest BCUT2D eigenvalue weighted by atomic mass is 10.0. The van der Waals surface area contributed by atoms with Crippen LogP contribution in [0.4, 0.5) is 10.1 Å². The molecule has 3 aromatic carbocycles. The molecule has 0 N–H and O–H groups in total. The third-order valence-electron chi connectivity index (χ3n) is 6.06. The van der Waals surface area contributed by atoms with Crippen LogP contribution in [0, 0.1) is 24.1 Å². The van der Waals surface area contributed by atoms with Gasteiger partial charge < -0.3 is 9.80 Å². The number of aryl methyl sites for hydroxylation is 1. The number of benzene rings is 3. The van der Waals surface area contributed by atoms with E-state index in [0.717, 1.165) is 22.4 Å². The van der Waals surface area contributed by atoms with Crippen LogP contribution in [0.3, 0.4) is 0 Å². The Hall–Kier alpha value is -3.63. The van der Waals surface area contributed by atoms with E-state index in [1.54, 1.807) is 34.1 Å². The van der Waals surface area contributed by atoms with Crippen LogP contribution in [0.25, 0.3) is 0 Å². The fourth-order valence-corrected chi connectivity index (χ4v) is 6.04. The fraction of sp³-hybridized carbons (Fsp3) is 0.192. The van der Waals surface area contributed by atoms with E-state index < -0.39 is 10.7 Å². The molecule has 2 heterocycles. The lowest BCUT2D eigenvalue weighted by Crippen LogP contribution is -2.50. The molecule has 0 radical (unpaired) electrons. The number of thioether (sulfide) groups is 1. The molecule has 1 fully saturated rings. The van der Waals surface area contributed by atoms with E-state index in [1.807, 2.05) is 31.2 Å². The number of nitriles is 1. The first kappa shape index (κ1) is 21.2. The second-order valence-corrected chi connectivity index (χ2v) is 9.47. The molecule has 5 rings (SSSR count). The van der Waals surface area contributed by atoms with Crippen LogP contribution in [0.15, 0.2) is 66.7 Å². The van der Waals surface area contributed by atoms with Gasteiger partial charge in [0.25, 0.3) is 11.8 Å². The van der Waals surface area contributed by atoms with Crippen LogP contribution in [-0.2, 0) is 16.2 Å². The Balaban J connectivity index is 1.60. The summed E-state index contributed by atoms with van der Waals surface area (Å²) in [6, 6.07) is 20.7. The van der Waals surface area contributed by atoms with Gasteiger partial charge in [-0.3, -0.25) is 9.59 Å². The molecular formula is C26H20FN3O2S. The molecule has 164 valence electrons. The van der Waals surface area contributed by atoms with Crippen LogP contribution in [0.1, 0.15) is 32.6 Å². The van der Waals surface area contributed by atoms with Crippen molar-refractivity contribution in [2.45, 2.75) is 18.3 Å². The molecule has 1 saturated heterocycles. The largest absolute Gasteiger partial charge is 0.311 e. The minimum atomic E-state index is -1.20. The molecular weight excluding hydrogens is 437 g/mol. The third-order valence-corrected chi connectivity index (χ3v) is 7.48. The number of hydrogen-bond donors (Lipinski definition) is 0. The van der Waals surface area contributed by atoms with Gasteiger partial charge in [0.15, 0.2) is 4.87 Å².